The third-order valence-corrected chi connectivity index (χ3v) is 1.81. The molecule has 0 aliphatic heterocycles. The normalized spacial score (nSPS) is 12.6. The number of ether oxygens (including phenoxy) is 1. The smallest absolute Gasteiger partial charge is 0.309 e. The lowest BCUT2D eigenvalue weighted by molar-refractivity contribution is -0.154. The Morgan fingerprint density at radius 1 is 1.36 bits per heavy atom. The minimum Gasteiger partial charge on any atom is -0.481 e. The zero-order valence-corrected chi connectivity index (χ0v) is 8.95. The molecule has 0 aromatic heterocycles. The molecule has 0 saturated heterocycles. The van der Waals surface area contributed by atoms with Gasteiger partial charge in [-0.1, -0.05) is 20.8 Å². The highest BCUT2D eigenvalue weighted by Crippen LogP contribution is 2.11. The van der Waals surface area contributed by atoms with E-state index in [-0.39, 0.29) is 12.3 Å². The molecule has 1 N–H and O–H groups in total. The van der Waals surface area contributed by atoms with Gasteiger partial charge in [-0.25, -0.2) is 0 Å². The Balaban J connectivity index is 3.98. The molecule has 0 heterocycles. The van der Waals surface area contributed by atoms with Crippen molar-refractivity contribution in [2.45, 2.75) is 33.6 Å². The Hall–Kier alpha value is -1.06. The summed E-state index contributed by atoms with van der Waals surface area (Å²) in [5.41, 5.74) is 0. The second kappa shape index (κ2) is 6.40. The van der Waals surface area contributed by atoms with E-state index in [0.29, 0.717) is 13.0 Å². The van der Waals surface area contributed by atoms with Crippen molar-refractivity contribution in [2.24, 2.45) is 11.8 Å². The van der Waals surface area contributed by atoms with Gasteiger partial charge in [0, 0.05) is 0 Å². The first-order valence-corrected chi connectivity index (χ1v) is 4.85. The fourth-order valence-corrected chi connectivity index (χ4v) is 0.972. The summed E-state index contributed by atoms with van der Waals surface area (Å²) in [6, 6.07) is 0. The predicted octanol–water partition coefficient (Wildman–Crippen LogP) is 1.69. The van der Waals surface area contributed by atoms with Crippen molar-refractivity contribution in [1.29, 1.82) is 0 Å². The molecular formula is C10H18O4. The average Bonchev–Trinajstić information content (AvgIpc) is 2.09. The third-order valence-electron chi connectivity index (χ3n) is 1.81. The molecule has 0 amide bonds. The number of hydrogen-bond acceptors (Lipinski definition) is 3. The first-order valence-electron chi connectivity index (χ1n) is 4.85. The van der Waals surface area contributed by atoms with Crippen molar-refractivity contribution in [2.75, 3.05) is 6.61 Å². The van der Waals surface area contributed by atoms with Gasteiger partial charge in [-0.05, 0) is 12.3 Å². The topological polar surface area (TPSA) is 63.6 Å². The second-order valence-electron chi connectivity index (χ2n) is 3.73. The van der Waals surface area contributed by atoms with Crippen molar-refractivity contribution < 1.29 is 19.4 Å². The summed E-state index contributed by atoms with van der Waals surface area (Å²) in [5, 5.41) is 8.53. The van der Waals surface area contributed by atoms with E-state index >= 15 is 0 Å². The molecular weight excluding hydrogens is 184 g/mol. The van der Waals surface area contributed by atoms with E-state index in [2.05, 4.69) is 0 Å². The lowest BCUT2D eigenvalue weighted by Gasteiger charge is -2.13. The van der Waals surface area contributed by atoms with E-state index < -0.39 is 17.9 Å². The van der Waals surface area contributed by atoms with E-state index in [4.69, 9.17) is 9.84 Å². The SMILES string of the molecule is CCC(CC(=O)O)C(=O)OCC(C)C. The quantitative estimate of drug-likeness (QED) is 0.666. The summed E-state index contributed by atoms with van der Waals surface area (Å²) in [6.45, 7) is 6.01. The maximum Gasteiger partial charge on any atom is 0.309 e. The minimum atomic E-state index is -0.960. The van der Waals surface area contributed by atoms with Crippen LogP contribution in [-0.2, 0) is 14.3 Å². The van der Waals surface area contributed by atoms with Crippen LogP contribution >= 0.6 is 0 Å². The number of carbonyl (C=O) groups excluding carboxylic acids is 1. The molecule has 0 aliphatic carbocycles. The summed E-state index contributed by atoms with van der Waals surface area (Å²) in [6.07, 6.45) is 0.358. The van der Waals surface area contributed by atoms with Gasteiger partial charge in [0.05, 0.1) is 18.9 Å². The summed E-state index contributed by atoms with van der Waals surface area (Å²) in [4.78, 5) is 21.7. The van der Waals surface area contributed by atoms with E-state index in [9.17, 15) is 9.59 Å². The molecule has 14 heavy (non-hydrogen) atoms. The molecule has 0 aromatic rings. The molecule has 0 bridgehead atoms. The molecule has 4 heteroatoms. The number of hydrogen-bond donors (Lipinski definition) is 1. The van der Waals surface area contributed by atoms with Crippen LogP contribution in [0.25, 0.3) is 0 Å². The molecule has 4 nitrogen and oxygen atoms in total. The Bertz CT molecular complexity index is 198. The molecule has 0 rings (SSSR count). The number of rotatable bonds is 6. The minimum absolute atomic E-state index is 0.145. The van der Waals surface area contributed by atoms with Gasteiger partial charge < -0.3 is 9.84 Å². The van der Waals surface area contributed by atoms with Gasteiger partial charge in [-0.15, -0.1) is 0 Å². The summed E-state index contributed by atoms with van der Waals surface area (Å²) in [7, 11) is 0. The number of carbonyl (C=O) groups is 2. The maximum absolute atomic E-state index is 11.3. The van der Waals surface area contributed by atoms with Crippen molar-refractivity contribution in [3.63, 3.8) is 0 Å². The van der Waals surface area contributed by atoms with Crippen molar-refractivity contribution >= 4 is 11.9 Å². The summed E-state index contributed by atoms with van der Waals surface area (Å²) >= 11 is 0. The van der Waals surface area contributed by atoms with Crippen LogP contribution in [-0.4, -0.2) is 23.7 Å². The van der Waals surface area contributed by atoms with Crippen LogP contribution in [0.4, 0.5) is 0 Å². The molecule has 1 unspecified atom stereocenters. The first kappa shape index (κ1) is 12.9. The Morgan fingerprint density at radius 3 is 2.29 bits per heavy atom. The molecule has 0 fully saturated rings. The van der Waals surface area contributed by atoms with E-state index in [1.165, 1.54) is 0 Å². The van der Waals surface area contributed by atoms with Gasteiger partial charge in [0.2, 0.25) is 0 Å². The number of carboxylic acid groups (broad SMARTS) is 1. The van der Waals surface area contributed by atoms with Crippen molar-refractivity contribution in [1.82, 2.24) is 0 Å². The van der Waals surface area contributed by atoms with Crippen LogP contribution in [0.2, 0.25) is 0 Å². The van der Waals surface area contributed by atoms with Crippen molar-refractivity contribution in [3.05, 3.63) is 0 Å². The molecule has 0 radical (unpaired) electrons. The third kappa shape index (κ3) is 5.56. The lowest BCUT2D eigenvalue weighted by atomic mass is 10.0. The number of carboxylic acids is 1. The summed E-state index contributed by atoms with van der Waals surface area (Å²) < 4.78 is 4.96. The number of esters is 1. The molecule has 0 aliphatic rings. The van der Waals surface area contributed by atoms with Crippen LogP contribution in [0.5, 0.6) is 0 Å². The molecule has 1 atom stereocenters. The Labute approximate surface area is 84.3 Å². The number of aliphatic carboxylic acids is 1. The highest BCUT2D eigenvalue weighted by atomic mass is 16.5. The summed E-state index contributed by atoms with van der Waals surface area (Å²) in [5.74, 6) is -1.59. The van der Waals surface area contributed by atoms with Crippen LogP contribution in [0.15, 0.2) is 0 Å². The highest BCUT2D eigenvalue weighted by molar-refractivity contribution is 5.78. The van der Waals surface area contributed by atoms with Crippen molar-refractivity contribution in [3.8, 4) is 0 Å². The predicted molar refractivity (Wildman–Crippen MR) is 51.8 cm³/mol. The van der Waals surface area contributed by atoms with Gasteiger partial charge in [0.1, 0.15) is 0 Å². The van der Waals surface area contributed by atoms with E-state index in [1.54, 1.807) is 6.92 Å². The molecule has 0 aromatic carbocycles. The average molecular weight is 202 g/mol. The zero-order chi connectivity index (χ0) is 11.1. The van der Waals surface area contributed by atoms with Gasteiger partial charge in [-0.3, -0.25) is 9.59 Å². The van der Waals surface area contributed by atoms with E-state index in [1.807, 2.05) is 13.8 Å². The Kier molecular flexibility index (Phi) is 5.92. The monoisotopic (exact) mass is 202 g/mol. The molecule has 82 valence electrons. The second-order valence-corrected chi connectivity index (χ2v) is 3.73. The highest BCUT2D eigenvalue weighted by Gasteiger charge is 2.21. The van der Waals surface area contributed by atoms with Gasteiger partial charge >= 0.3 is 11.9 Å². The zero-order valence-electron chi connectivity index (χ0n) is 8.95. The van der Waals surface area contributed by atoms with E-state index in [0.717, 1.165) is 0 Å². The van der Waals surface area contributed by atoms with Gasteiger partial charge in [0.15, 0.2) is 0 Å². The molecule has 0 saturated carbocycles. The van der Waals surface area contributed by atoms with Crippen LogP contribution < -0.4 is 0 Å². The molecule has 0 spiro atoms. The van der Waals surface area contributed by atoms with Crippen LogP contribution in [0, 0.1) is 11.8 Å². The maximum atomic E-state index is 11.3. The fraction of sp³-hybridized carbons (Fsp3) is 0.800. The largest absolute Gasteiger partial charge is 0.481 e. The van der Waals surface area contributed by atoms with Gasteiger partial charge in [-0.2, -0.15) is 0 Å². The standard InChI is InChI=1S/C10H18O4/c1-4-8(5-9(11)12)10(13)14-6-7(2)3/h7-8H,4-6H2,1-3H3,(H,11,12). The fourth-order valence-electron chi connectivity index (χ4n) is 0.972. The lowest BCUT2D eigenvalue weighted by Crippen LogP contribution is -2.21. The Morgan fingerprint density at radius 2 is 1.93 bits per heavy atom. The van der Waals surface area contributed by atoms with Crippen LogP contribution in [0.1, 0.15) is 33.6 Å². The van der Waals surface area contributed by atoms with Gasteiger partial charge in [0.25, 0.3) is 0 Å². The first-order chi connectivity index (χ1) is 6.47. The van der Waals surface area contributed by atoms with Crippen LogP contribution in [0.3, 0.4) is 0 Å².